The van der Waals surface area contributed by atoms with Gasteiger partial charge in [0, 0.05) is 18.9 Å². The zero-order valence-electron chi connectivity index (χ0n) is 7.79. The maximum Gasteiger partial charge on any atom is 0.0299 e. The van der Waals surface area contributed by atoms with Crippen LogP contribution in [0.25, 0.3) is 0 Å². The predicted octanol–water partition coefficient (Wildman–Crippen LogP) is 1.89. The summed E-state index contributed by atoms with van der Waals surface area (Å²) in [5.74, 6) is 0.716. The van der Waals surface area contributed by atoms with Gasteiger partial charge in [0.2, 0.25) is 0 Å². The van der Waals surface area contributed by atoms with Crippen molar-refractivity contribution >= 4 is 12.4 Å². The van der Waals surface area contributed by atoms with E-state index in [1.807, 2.05) is 12.4 Å². The number of nitrogens with zero attached hydrogens (tertiary/aromatic N) is 1. The van der Waals surface area contributed by atoms with Gasteiger partial charge >= 0.3 is 0 Å². The molecule has 0 bridgehead atoms. The van der Waals surface area contributed by atoms with Crippen molar-refractivity contribution in [2.24, 2.45) is 0 Å². The zero-order chi connectivity index (χ0) is 8.39. The quantitative estimate of drug-likeness (QED) is 0.746. The molecule has 0 spiro atoms. The monoisotopic (exact) mass is 198 g/mol. The Balaban J connectivity index is 0.000000845. The highest BCUT2D eigenvalue weighted by Gasteiger charge is 2.17. The third-order valence-corrected chi connectivity index (χ3v) is 2.56. The van der Waals surface area contributed by atoms with Crippen molar-refractivity contribution in [2.45, 2.75) is 19.3 Å². The van der Waals surface area contributed by atoms with Gasteiger partial charge in [-0.1, -0.05) is 0 Å². The van der Waals surface area contributed by atoms with Gasteiger partial charge in [0.1, 0.15) is 0 Å². The fraction of sp³-hybridized carbons (Fsp3) is 0.500. The molecule has 0 amide bonds. The summed E-state index contributed by atoms with van der Waals surface area (Å²) in [5.41, 5.74) is 2.79. The number of hydrogen-bond donors (Lipinski definition) is 1. The van der Waals surface area contributed by atoms with Gasteiger partial charge < -0.3 is 5.32 Å². The molecule has 0 aromatic carbocycles. The van der Waals surface area contributed by atoms with E-state index < -0.39 is 0 Å². The molecule has 2 heterocycles. The van der Waals surface area contributed by atoms with Crippen molar-refractivity contribution in [3.8, 4) is 0 Å². The first-order valence-corrected chi connectivity index (χ1v) is 4.49. The standard InChI is InChI=1S/C10H14N2.ClH/c1-8-6-11-5-3-10(8)9-2-4-12-7-9;/h3,5-6,9,12H,2,4,7H2,1H3;1H. The number of hydrogen-bond acceptors (Lipinski definition) is 2. The molecule has 1 atom stereocenters. The van der Waals surface area contributed by atoms with Crippen molar-refractivity contribution in [3.05, 3.63) is 29.6 Å². The lowest BCUT2D eigenvalue weighted by atomic mass is 9.96. The van der Waals surface area contributed by atoms with Crippen LogP contribution in [0.4, 0.5) is 0 Å². The van der Waals surface area contributed by atoms with Crippen molar-refractivity contribution in [1.29, 1.82) is 0 Å². The van der Waals surface area contributed by atoms with E-state index in [0.717, 1.165) is 13.1 Å². The van der Waals surface area contributed by atoms with Gasteiger partial charge in [-0.2, -0.15) is 0 Å². The molecular weight excluding hydrogens is 184 g/mol. The third-order valence-electron chi connectivity index (χ3n) is 2.56. The van der Waals surface area contributed by atoms with Gasteiger partial charge in [-0.15, -0.1) is 12.4 Å². The van der Waals surface area contributed by atoms with Crippen molar-refractivity contribution in [2.75, 3.05) is 13.1 Å². The minimum Gasteiger partial charge on any atom is -0.316 e. The SMILES string of the molecule is Cc1cnccc1C1CCNC1.Cl. The Morgan fingerprint density at radius 3 is 3.00 bits per heavy atom. The van der Waals surface area contributed by atoms with Crippen LogP contribution in [0, 0.1) is 6.92 Å². The summed E-state index contributed by atoms with van der Waals surface area (Å²) in [6, 6.07) is 2.15. The summed E-state index contributed by atoms with van der Waals surface area (Å²) in [6.45, 7) is 4.43. The molecular formula is C10H15ClN2. The van der Waals surface area contributed by atoms with E-state index in [1.54, 1.807) is 0 Å². The van der Waals surface area contributed by atoms with Gasteiger partial charge in [0.25, 0.3) is 0 Å². The van der Waals surface area contributed by atoms with Crippen LogP contribution in [0.5, 0.6) is 0 Å². The van der Waals surface area contributed by atoms with E-state index in [1.165, 1.54) is 17.5 Å². The molecule has 72 valence electrons. The van der Waals surface area contributed by atoms with Crippen LogP contribution >= 0.6 is 12.4 Å². The van der Waals surface area contributed by atoms with Crippen LogP contribution in [0.15, 0.2) is 18.5 Å². The van der Waals surface area contributed by atoms with E-state index >= 15 is 0 Å². The molecule has 3 heteroatoms. The topological polar surface area (TPSA) is 24.9 Å². The first-order valence-electron chi connectivity index (χ1n) is 4.49. The molecule has 1 fully saturated rings. The lowest BCUT2D eigenvalue weighted by Crippen LogP contribution is -2.08. The molecule has 1 N–H and O–H groups in total. The van der Waals surface area contributed by atoms with Crippen LogP contribution < -0.4 is 5.32 Å². The van der Waals surface area contributed by atoms with Crippen molar-refractivity contribution in [3.63, 3.8) is 0 Å². The van der Waals surface area contributed by atoms with Crippen molar-refractivity contribution < 1.29 is 0 Å². The lowest BCUT2D eigenvalue weighted by molar-refractivity contribution is 0.755. The summed E-state index contributed by atoms with van der Waals surface area (Å²) in [7, 11) is 0. The molecule has 0 aliphatic carbocycles. The van der Waals surface area contributed by atoms with Gasteiger partial charge in [-0.3, -0.25) is 4.98 Å². The smallest absolute Gasteiger partial charge is 0.0299 e. The van der Waals surface area contributed by atoms with E-state index in [0.29, 0.717) is 5.92 Å². The Morgan fingerprint density at radius 1 is 1.54 bits per heavy atom. The first-order chi connectivity index (χ1) is 5.88. The van der Waals surface area contributed by atoms with E-state index in [-0.39, 0.29) is 12.4 Å². The Morgan fingerprint density at radius 2 is 2.38 bits per heavy atom. The second kappa shape index (κ2) is 4.58. The first kappa shape index (κ1) is 10.5. The van der Waals surface area contributed by atoms with Gasteiger partial charge in [0.05, 0.1) is 0 Å². The van der Waals surface area contributed by atoms with Crippen LogP contribution in [0.3, 0.4) is 0 Å². The number of pyridine rings is 1. The summed E-state index contributed by atoms with van der Waals surface area (Å²) in [6.07, 6.45) is 5.11. The largest absolute Gasteiger partial charge is 0.316 e. The average molecular weight is 199 g/mol. The summed E-state index contributed by atoms with van der Waals surface area (Å²) in [5, 5.41) is 3.38. The summed E-state index contributed by atoms with van der Waals surface area (Å²) >= 11 is 0. The summed E-state index contributed by atoms with van der Waals surface area (Å²) in [4.78, 5) is 4.10. The maximum absolute atomic E-state index is 4.10. The molecule has 0 saturated carbocycles. The normalized spacial score (nSPS) is 21.2. The highest BCUT2D eigenvalue weighted by molar-refractivity contribution is 5.85. The number of aryl methyl sites for hydroxylation is 1. The third kappa shape index (κ3) is 2.20. The molecule has 1 aromatic rings. The van der Waals surface area contributed by atoms with Crippen LogP contribution in [-0.4, -0.2) is 18.1 Å². The molecule has 1 saturated heterocycles. The van der Waals surface area contributed by atoms with Crippen LogP contribution in [-0.2, 0) is 0 Å². The second-order valence-corrected chi connectivity index (χ2v) is 3.42. The van der Waals surface area contributed by atoms with E-state index in [2.05, 4.69) is 23.3 Å². The molecule has 1 aliphatic heterocycles. The van der Waals surface area contributed by atoms with Crippen LogP contribution in [0.2, 0.25) is 0 Å². The minimum absolute atomic E-state index is 0. The predicted molar refractivity (Wildman–Crippen MR) is 56.4 cm³/mol. The van der Waals surface area contributed by atoms with Gasteiger partial charge in [-0.25, -0.2) is 0 Å². The number of halogens is 1. The molecule has 0 radical (unpaired) electrons. The van der Waals surface area contributed by atoms with E-state index in [4.69, 9.17) is 0 Å². The lowest BCUT2D eigenvalue weighted by Gasteiger charge is -2.10. The van der Waals surface area contributed by atoms with Gasteiger partial charge in [0.15, 0.2) is 0 Å². The molecule has 2 rings (SSSR count). The Kier molecular flexibility index (Phi) is 3.70. The Hall–Kier alpha value is -0.600. The molecule has 2 nitrogen and oxygen atoms in total. The fourth-order valence-electron chi connectivity index (χ4n) is 1.86. The summed E-state index contributed by atoms with van der Waals surface area (Å²) < 4.78 is 0. The highest BCUT2D eigenvalue weighted by Crippen LogP contribution is 2.23. The number of nitrogens with one attached hydrogen (secondary N) is 1. The molecule has 1 aliphatic rings. The van der Waals surface area contributed by atoms with Gasteiger partial charge in [-0.05, 0) is 43.0 Å². The maximum atomic E-state index is 4.10. The molecule has 1 aromatic heterocycles. The Labute approximate surface area is 85.2 Å². The van der Waals surface area contributed by atoms with E-state index in [9.17, 15) is 0 Å². The second-order valence-electron chi connectivity index (χ2n) is 3.42. The number of rotatable bonds is 1. The fourth-order valence-corrected chi connectivity index (χ4v) is 1.86. The Bertz CT molecular complexity index is 269. The molecule has 1 unspecified atom stereocenters. The number of aromatic nitrogens is 1. The average Bonchev–Trinajstić information content (AvgIpc) is 2.57. The minimum atomic E-state index is 0. The highest BCUT2D eigenvalue weighted by atomic mass is 35.5. The molecule has 13 heavy (non-hydrogen) atoms. The van der Waals surface area contributed by atoms with Crippen molar-refractivity contribution in [1.82, 2.24) is 10.3 Å². The van der Waals surface area contributed by atoms with Crippen LogP contribution in [0.1, 0.15) is 23.5 Å². The zero-order valence-corrected chi connectivity index (χ0v) is 8.60.